The molecule has 0 radical (unpaired) electrons. The van der Waals surface area contributed by atoms with Crippen molar-refractivity contribution in [2.75, 3.05) is 11.9 Å². The Balaban J connectivity index is 2.09. The molecule has 6 heteroatoms. The molecule has 100 valence electrons. The van der Waals surface area contributed by atoms with E-state index in [1.54, 1.807) is 35.4 Å². The van der Waals surface area contributed by atoms with Crippen molar-refractivity contribution in [1.29, 1.82) is 0 Å². The maximum atomic E-state index is 12.1. The van der Waals surface area contributed by atoms with Gasteiger partial charge in [0.15, 0.2) is 0 Å². The van der Waals surface area contributed by atoms with Gasteiger partial charge in [-0.05, 0) is 32.0 Å². The highest BCUT2D eigenvalue weighted by atomic mass is 16.1. The third-order valence-electron chi connectivity index (χ3n) is 2.86. The van der Waals surface area contributed by atoms with Gasteiger partial charge in [0.2, 0.25) is 0 Å². The highest BCUT2D eigenvalue weighted by Gasteiger charge is 2.13. The Hall–Kier alpha value is -2.21. The third kappa shape index (κ3) is 3.17. The van der Waals surface area contributed by atoms with Crippen molar-refractivity contribution in [3.63, 3.8) is 0 Å². The molecule has 0 aliphatic carbocycles. The first-order valence-corrected chi connectivity index (χ1v) is 6.16. The number of amides is 1. The SMILES string of the molecule is Cc1c(C(=O)Nc2ccncc2)cnn1CCCN. The van der Waals surface area contributed by atoms with Crippen LogP contribution in [0.2, 0.25) is 0 Å². The van der Waals surface area contributed by atoms with E-state index < -0.39 is 0 Å². The number of nitrogens with two attached hydrogens (primary N) is 1. The van der Waals surface area contributed by atoms with Gasteiger partial charge in [0.1, 0.15) is 0 Å². The largest absolute Gasteiger partial charge is 0.330 e. The van der Waals surface area contributed by atoms with Gasteiger partial charge >= 0.3 is 0 Å². The van der Waals surface area contributed by atoms with Crippen LogP contribution < -0.4 is 11.1 Å². The molecule has 0 atom stereocenters. The van der Waals surface area contributed by atoms with E-state index >= 15 is 0 Å². The van der Waals surface area contributed by atoms with Crippen LogP contribution in [-0.2, 0) is 6.54 Å². The van der Waals surface area contributed by atoms with Gasteiger partial charge in [-0.2, -0.15) is 5.10 Å². The number of nitrogens with one attached hydrogen (secondary N) is 1. The van der Waals surface area contributed by atoms with Crippen LogP contribution in [0.1, 0.15) is 22.5 Å². The standard InChI is InChI=1S/C13H17N5O/c1-10-12(9-16-18(10)8-2-5-14)13(19)17-11-3-6-15-7-4-11/h3-4,6-7,9H,2,5,8,14H2,1H3,(H,15,17,19). The van der Waals surface area contributed by atoms with Crippen molar-refractivity contribution in [2.24, 2.45) is 5.73 Å². The number of anilines is 1. The molecule has 6 nitrogen and oxygen atoms in total. The Morgan fingerprint density at radius 2 is 2.16 bits per heavy atom. The van der Waals surface area contributed by atoms with E-state index in [4.69, 9.17) is 5.73 Å². The van der Waals surface area contributed by atoms with E-state index in [1.165, 1.54) is 0 Å². The maximum absolute atomic E-state index is 12.1. The van der Waals surface area contributed by atoms with Crippen molar-refractivity contribution in [2.45, 2.75) is 19.9 Å². The average molecular weight is 259 g/mol. The van der Waals surface area contributed by atoms with Crippen LogP contribution in [0.3, 0.4) is 0 Å². The van der Waals surface area contributed by atoms with Gasteiger partial charge < -0.3 is 11.1 Å². The fourth-order valence-corrected chi connectivity index (χ4v) is 1.77. The number of carbonyl (C=O) groups excluding carboxylic acids is 1. The van der Waals surface area contributed by atoms with Gasteiger partial charge in [0, 0.05) is 30.3 Å². The number of rotatable bonds is 5. The summed E-state index contributed by atoms with van der Waals surface area (Å²) >= 11 is 0. The average Bonchev–Trinajstić information content (AvgIpc) is 2.79. The number of aryl methyl sites for hydroxylation is 1. The summed E-state index contributed by atoms with van der Waals surface area (Å²) in [7, 11) is 0. The van der Waals surface area contributed by atoms with E-state index in [1.807, 2.05) is 6.92 Å². The first-order valence-electron chi connectivity index (χ1n) is 6.16. The summed E-state index contributed by atoms with van der Waals surface area (Å²) in [5.74, 6) is -0.164. The number of nitrogens with zero attached hydrogens (tertiary/aromatic N) is 3. The number of hydrogen-bond acceptors (Lipinski definition) is 4. The molecule has 3 N–H and O–H groups in total. The molecule has 19 heavy (non-hydrogen) atoms. The fourth-order valence-electron chi connectivity index (χ4n) is 1.77. The van der Waals surface area contributed by atoms with E-state index in [2.05, 4.69) is 15.4 Å². The molecule has 0 aliphatic rings. The van der Waals surface area contributed by atoms with Gasteiger partial charge in [-0.25, -0.2) is 0 Å². The molecular weight excluding hydrogens is 242 g/mol. The third-order valence-corrected chi connectivity index (χ3v) is 2.86. The number of carbonyl (C=O) groups is 1. The molecule has 0 saturated heterocycles. The second-order valence-electron chi connectivity index (χ2n) is 4.20. The summed E-state index contributed by atoms with van der Waals surface area (Å²) < 4.78 is 1.80. The summed E-state index contributed by atoms with van der Waals surface area (Å²) in [5, 5.41) is 7.02. The summed E-state index contributed by atoms with van der Waals surface area (Å²) in [6.07, 6.45) is 5.69. The summed E-state index contributed by atoms with van der Waals surface area (Å²) in [6, 6.07) is 3.48. The van der Waals surface area contributed by atoms with Crippen molar-refractivity contribution in [1.82, 2.24) is 14.8 Å². The Morgan fingerprint density at radius 3 is 2.84 bits per heavy atom. The van der Waals surface area contributed by atoms with E-state index in [0.29, 0.717) is 17.8 Å². The molecule has 0 fully saturated rings. The van der Waals surface area contributed by atoms with E-state index in [0.717, 1.165) is 18.7 Å². The summed E-state index contributed by atoms with van der Waals surface area (Å²) in [4.78, 5) is 16.0. The van der Waals surface area contributed by atoms with Crippen molar-refractivity contribution >= 4 is 11.6 Å². The van der Waals surface area contributed by atoms with Gasteiger partial charge in [0.25, 0.3) is 5.91 Å². The molecule has 0 spiro atoms. The van der Waals surface area contributed by atoms with Crippen LogP contribution in [0.25, 0.3) is 0 Å². The minimum absolute atomic E-state index is 0.164. The molecule has 2 aromatic rings. The molecule has 2 heterocycles. The molecule has 1 amide bonds. The monoisotopic (exact) mass is 259 g/mol. The second kappa shape index (κ2) is 6.10. The highest BCUT2D eigenvalue weighted by Crippen LogP contribution is 2.11. The molecule has 2 rings (SSSR count). The Morgan fingerprint density at radius 1 is 1.42 bits per heavy atom. The van der Waals surface area contributed by atoms with Crippen molar-refractivity contribution in [3.05, 3.63) is 42.0 Å². The van der Waals surface area contributed by atoms with E-state index in [-0.39, 0.29) is 5.91 Å². The summed E-state index contributed by atoms with van der Waals surface area (Å²) in [5.41, 5.74) is 7.61. The molecule has 0 saturated carbocycles. The topological polar surface area (TPSA) is 85.8 Å². The molecular formula is C13H17N5O. The molecule has 0 unspecified atom stereocenters. The Labute approximate surface area is 111 Å². The predicted octanol–water partition coefficient (Wildman–Crippen LogP) is 1.19. The summed E-state index contributed by atoms with van der Waals surface area (Å²) in [6.45, 7) is 3.22. The minimum atomic E-state index is -0.164. The van der Waals surface area contributed by atoms with Gasteiger partial charge in [0.05, 0.1) is 11.8 Å². The predicted molar refractivity (Wildman–Crippen MR) is 72.8 cm³/mol. The Kier molecular flexibility index (Phi) is 4.25. The fraction of sp³-hybridized carbons (Fsp3) is 0.308. The quantitative estimate of drug-likeness (QED) is 0.844. The van der Waals surface area contributed by atoms with Crippen LogP contribution in [0.15, 0.2) is 30.7 Å². The van der Waals surface area contributed by atoms with Crippen LogP contribution in [0.4, 0.5) is 5.69 Å². The van der Waals surface area contributed by atoms with Crippen LogP contribution >= 0.6 is 0 Å². The molecule has 0 bridgehead atoms. The number of aromatic nitrogens is 3. The lowest BCUT2D eigenvalue weighted by atomic mass is 10.2. The lowest BCUT2D eigenvalue weighted by Crippen LogP contribution is -2.14. The second-order valence-corrected chi connectivity index (χ2v) is 4.20. The normalized spacial score (nSPS) is 10.4. The van der Waals surface area contributed by atoms with Crippen LogP contribution in [0, 0.1) is 6.92 Å². The zero-order valence-electron chi connectivity index (χ0n) is 10.8. The molecule has 0 aromatic carbocycles. The maximum Gasteiger partial charge on any atom is 0.259 e. The first-order chi connectivity index (χ1) is 9.22. The van der Waals surface area contributed by atoms with Crippen LogP contribution in [0.5, 0.6) is 0 Å². The van der Waals surface area contributed by atoms with Gasteiger partial charge in [-0.3, -0.25) is 14.5 Å². The smallest absolute Gasteiger partial charge is 0.259 e. The zero-order chi connectivity index (χ0) is 13.7. The highest BCUT2D eigenvalue weighted by molar-refractivity contribution is 6.04. The van der Waals surface area contributed by atoms with Gasteiger partial charge in [-0.15, -0.1) is 0 Å². The molecule has 0 aliphatic heterocycles. The molecule has 2 aromatic heterocycles. The Bertz CT molecular complexity index is 549. The van der Waals surface area contributed by atoms with Crippen molar-refractivity contribution in [3.8, 4) is 0 Å². The van der Waals surface area contributed by atoms with E-state index in [9.17, 15) is 4.79 Å². The van der Waals surface area contributed by atoms with Gasteiger partial charge in [-0.1, -0.05) is 0 Å². The zero-order valence-corrected chi connectivity index (χ0v) is 10.8. The number of hydrogen-bond donors (Lipinski definition) is 2. The van der Waals surface area contributed by atoms with Crippen molar-refractivity contribution < 1.29 is 4.79 Å². The lowest BCUT2D eigenvalue weighted by molar-refractivity contribution is 0.102. The first kappa shape index (κ1) is 13.2. The number of pyridine rings is 1. The van der Waals surface area contributed by atoms with Crippen LogP contribution in [-0.4, -0.2) is 27.2 Å². The minimum Gasteiger partial charge on any atom is -0.330 e. The lowest BCUT2D eigenvalue weighted by Gasteiger charge is -2.05.